The first-order valence-electron chi connectivity index (χ1n) is 4.47. The molecule has 0 aliphatic rings. The number of aromatic nitrogens is 3. The van der Waals surface area contributed by atoms with Gasteiger partial charge in [0, 0.05) is 31.0 Å². The summed E-state index contributed by atoms with van der Waals surface area (Å²) in [6.45, 7) is 4.80. The second kappa shape index (κ2) is 2.88. The normalized spacial score (nSPS) is 11.7. The number of hydrogen-bond donors (Lipinski definition) is 1. The molecule has 2 heterocycles. The maximum absolute atomic E-state index is 5.51. The van der Waals surface area contributed by atoms with Gasteiger partial charge in [-0.2, -0.15) is 5.10 Å². The maximum atomic E-state index is 5.51. The molecule has 0 fully saturated rings. The first-order valence-corrected chi connectivity index (χ1v) is 4.47. The molecule has 0 atom stereocenters. The van der Waals surface area contributed by atoms with Crippen LogP contribution in [-0.4, -0.2) is 14.2 Å². The minimum absolute atomic E-state index is 0.458. The molecule has 0 saturated heterocycles. The molecule has 0 amide bonds. The van der Waals surface area contributed by atoms with Crippen LogP contribution in [0.15, 0.2) is 18.5 Å². The summed E-state index contributed by atoms with van der Waals surface area (Å²) < 4.78 is 4.04. The van der Waals surface area contributed by atoms with Crippen molar-refractivity contribution in [2.24, 2.45) is 5.73 Å². The standard InChI is InChI=1S/C9H14N4/c1-7(2)12-3-4-13-9(12)5-8(6-10)11-13/h3-5,7H,6,10H2,1-2H3. The second-order valence-corrected chi connectivity index (χ2v) is 3.44. The van der Waals surface area contributed by atoms with Crippen molar-refractivity contribution in [2.75, 3.05) is 0 Å². The fourth-order valence-corrected chi connectivity index (χ4v) is 1.48. The third kappa shape index (κ3) is 1.23. The van der Waals surface area contributed by atoms with E-state index >= 15 is 0 Å². The Kier molecular flexibility index (Phi) is 1.84. The van der Waals surface area contributed by atoms with Crippen molar-refractivity contribution < 1.29 is 0 Å². The van der Waals surface area contributed by atoms with E-state index in [0.717, 1.165) is 11.3 Å². The molecule has 0 aliphatic heterocycles. The first-order chi connectivity index (χ1) is 6.22. The van der Waals surface area contributed by atoms with Crippen LogP contribution in [-0.2, 0) is 6.54 Å². The summed E-state index contributed by atoms with van der Waals surface area (Å²) in [7, 11) is 0. The molecular formula is C9H14N4. The summed E-state index contributed by atoms with van der Waals surface area (Å²) in [6.07, 6.45) is 3.99. The van der Waals surface area contributed by atoms with E-state index in [4.69, 9.17) is 5.73 Å². The van der Waals surface area contributed by atoms with Crippen LogP contribution in [0.2, 0.25) is 0 Å². The van der Waals surface area contributed by atoms with Crippen molar-refractivity contribution in [3.8, 4) is 0 Å². The van der Waals surface area contributed by atoms with Gasteiger partial charge in [0.25, 0.3) is 0 Å². The van der Waals surface area contributed by atoms with Crippen molar-refractivity contribution in [1.29, 1.82) is 0 Å². The Morgan fingerprint density at radius 3 is 2.85 bits per heavy atom. The average Bonchev–Trinajstić information content (AvgIpc) is 2.59. The predicted octanol–water partition coefficient (Wildman–Crippen LogP) is 1.18. The van der Waals surface area contributed by atoms with Crippen molar-refractivity contribution >= 4 is 5.65 Å². The monoisotopic (exact) mass is 178 g/mol. The summed E-state index contributed by atoms with van der Waals surface area (Å²) in [5, 5.41) is 4.31. The van der Waals surface area contributed by atoms with E-state index in [1.165, 1.54) is 0 Å². The van der Waals surface area contributed by atoms with Crippen LogP contribution in [0.3, 0.4) is 0 Å². The lowest BCUT2D eigenvalue weighted by Gasteiger charge is -2.05. The van der Waals surface area contributed by atoms with Crippen molar-refractivity contribution in [2.45, 2.75) is 26.4 Å². The molecule has 70 valence electrons. The van der Waals surface area contributed by atoms with Gasteiger partial charge in [-0.3, -0.25) is 0 Å². The first kappa shape index (κ1) is 8.31. The quantitative estimate of drug-likeness (QED) is 0.750. The zero-order chi connectivity index (χ0) is 9.42. The Bertz CT molecular complexity index is 410. The Morgan fingerprint density at radius 1 is 1.46 bits per heavy atom. The van der Waals surface area contributed by atoms with Gasteiger partial charge in [0.1, 0.15) is 5.65 Å². The Balaban J connectivity index is 2.58. The molecule has 2 rings (SSSR count). The fourth-order valence-electron chi connectivity index (χ4n) is 1.48. The van der Waals surface area contributed by atoms with Gasteiger partial charge in [-0.15, -0.1) is 0 Å². The van der Waals surface area contributed by atoms with E-state index in [2.05, 4.69) is 23.5 Å². The van der Waals surface area contributed by atoms with Crippen LogP contribution in [0.4, 0.5) is 0 Å². The lowest BCUT2D eigenvalue weighted by molar-refractivity contribution is 0.619. The largest absolute Gasteiger partial charge is 0.329 e. The van der Waals surface area contributed by atoms with Crippen LogP contribution >= 0.6 is 0 Å². The van der Waals surface area contributed by atoms with Crippen molar-refractivity contribution in [1.82, 2.24) is 14.2 Å². The molecule has 0 spiro atoms. The van der Waals surface area contributed by atoms with Gasteiger partial charge in [0.2, 0.25) is 0 Å². The minimum Gasteiger partial charge on any atom is -0.329 e. The summed E-state index contributed by atoms with van der Waals surface area (Å²) in [6, 6.07) is 2.49. The van der Waals surface area contributed by atoms with Gasteiger partial charge >= 0.3 is 0 Å². The van der Waals surface area contributed by atoms with Gasteiger partial charge in [-0.1, -0.05) is 0 Å². The molecule has 0 radical (unpaired) electrons. The van der Waals surface area contributed by atoms with Crippen molar-refractivity contribution in [3.63, 3.8) is 0 Å². The number of nitrogens with two attached hydrogens (primary N) is 1. The number of nitrogens with zero attached hydrogens (tertiary/aromatic N) is 3. The molecule has 4 heteroatoms. The van der Waals surface area contributed by atoms with Crippen LogP contribution in [0.25, 0.3) is 5.65 Å². The average molecular weight is 178 g/mol. The highest BCUT2D eigenvalue weighted by Crippen LogP contribution is 2.13. The molecule has 0 aromatic carbocycles. The number of hydrogen-bond acceptors (Lipinski definition) is 2. The summed E-state index contributed by atoms with van der Waals surface area (Å²) >= 11 is 0. The summed E-state index contributed by atoms with van der Waals surface area (Å²) in [5.41, 5.74) is 7.56. The Hall–Kier alpha value is -1.29. The smallest absolute Gasteiger partial charge is 0.136 e. The second-order valence-electron chi connectivity index (χ2n) is 3.44. The number of imidazole rings is 1. The van der Waals surface area contributed by atoms with E-state index in [1.807, 2.05) is 23.0 Å². The zero-order valence-corrected chi connectivity index (χ0v) is 7.94. The van der Waals surface area contributed by atoms with Crippen LogP contribution < -0.4 is 5.73 Å². The SMILES string of the molecule is CC(C)n1ccn2nc(CN)cc12. The van der Waals surface area contributed by atoms with Crippen LogP contribution in [0.1, 0.15) is 25.6 Å². The highest BCUT2D eigenvalue weighted by atomic mass is 15.3. The lowest BCUT2D eigenvalue weighted by atomic mass is 10.4. The van der Waals surface area contributed by atoms with E-state index < -0.39 is 0 Å². The predicted molar refractivity (Wildman–Crippen MR) is 51.5 cm³/mol. The topological polar surface area (TPSA) is 48.2 Å². The van der Waals surface area contributed by atoms with E-state index in [-0.39, 0.29) is 0 Å². The molecule has 0 aliphatic carbocycles. The number of rotatable bonds is 2. The van der Waals surface area contributed by atoms with E-state index in [1.54, 1.807) is 0 Å². The minimum atomic E-state index is 0.458. The highest BCUT2D eigenvalue weighted by molar-refractivity contribution is 5.41. The molecule has 0 bridgehead atoms. The molecule has 4 nitrogen and oxygen atoms in total. The third-order valence-electron chi connectivity index (χ3n) is 2.17. The molecular weight excluding hydrogens is 164 g/mol. The van der Waals surface area contributed by atoms with E-state index in [0.29, 0.717) is 12.6 Å². The van der Waals surface area contributed by atoms with Gasteiger partial charge in [-0.05, 0) is 13.8 Å². The molecule has 2 N–H and O–H groups in total. The Labute approximate surface area is 77.0 Å². The highest BCUT2D eigenvalue weighted by Gasteiger charge is 2.06. The fraction of sp³-hybridized carbons (Fsp3) is 0.444. The lowest BCUT2D eigenvalue weighted by Crippen LogP contribution is -1.98. The van der Waals surface area contributed by atoms with Gasteiger partial charge in [0.05, 0.1) is 5.69 Å². The maximum Gasteiger partial charge on any atom is 0.136 e. The van der Waals surface area contributed by atoms with Crippen LogP contribution in [0, 0.1) is 0 Å². The number of fused-ring (bicyclic) bond motifs is 1. The van der Waals surface area contributed by atoms with Crippen molar-refractivity contribution in [3.05, 3.63) is 24.2 Å². The molecule has 2 aromatic rings. The molecule has 0 unspecified atom stereocenters. The van der Waals surface area contributed by atoms with Gasteiger partial charge in [-0.25, -0.2) is 4.52 Å². The summed E-state index contributed by atoms with van der Waals surface area (Å²) in [4.78, 5) is 0. The Morgan fingerprint density at radius 2 is 2.23 bits per heavy atom. The van der Waals surface area contributed by atoms with E-state index in [9.17, 15) is 0 Å². The molecule has 13 heavy (non-hydrogen) atoms. The zero-order valence-electron chi connectivity index (χ0n) is 7.94. The van der Waals surface area contributed by atoms with Gasteiger partial charge in [0.15, 0.2) is 0 Å². The van der Waals surface area contributed by atoms with Gasteiger partial charge < -0.3 is 10.3 Å². The third-order valence-corrected chi connectivity index (χ3v) is 2.17. The van der Waals surface area contributed by atoms with Crippen LogP contribution in [0.5, 0.6) is 0 Å². The summed E-state index contributed by atoms with van der Waals surface area (Å²) in [5.74, 6) is 0. The molecule has 0 saturated carbocycles. The molecule has 2 aromatic heterocycles.